The van der Waals surface area contributed by atoms with Gasteiger partial charge in [0, 0.05) is 29.8 Å². The Labute approximate surface area is 200 Å². The second-order valence-corrected chi connectivity index (χ2v) is 9.66. The lowest BCUT2D eigenvalue weighted by molar-refractivity contribution is -0.123. The van der Waals surface area contributed by atoms with Crippen molar-refractivity contribution in [1.29, 1.82) is 0 Å². The van der Waals surface area contributed by atoms with Crippen LogP contribution in [0, 0.1) is 5.92 Å². The van der Waals surface area contributed by atoms with Crippen LogP contribution in [0.3, 0.4) is 0 Å². The molecule has 0 saturated heterocycles. The van der Waals surface area contributed by atoms with E-state index in [4.69, 9.17) is 0 Å². The highest BCUT2D eigenvalue weighted by atomic mass is 16.3. The maximum atomic E-state index is 13.7. The van der Waals surface area contributed by atoms with E-state index in [-0.39, 0.29) is 23.6 Å². The molecule has 0 radical (unpaired) electrons. The fourth-order valence-corrected chi connectivity index (χ4v) is 3.65. The molecule has 3 aromatic rings. The zero-order valence-corrected chi connectivity index (χ0v) is 20.3. The van der Waals surface area contributed by atoms with Gasteiger partial charge < -0.3 is 15.4 Å². The van der Waals surface area contributed by atoms with Crippen LogP contribution in [0.1, 0.15) is 62.3 Å². The summed E-state index contributed by atoms with van der Waals surface area (Å²) in [7, 11) is 0. The lowest BCUT2D eigenvalue weighted by Gasteiger charge is -2.33. The van der Waals surface area contributed by atoms with Gasteiger partial charge in [-0.25, -0.2) is 4.98 Å². The number of nitrogens with zero attached hydrogens (tertiary/aromatic N) is 3. The molecule has 2 atom stereocenters. The highest BCUT2D eigenvalue weighted by Crippen LogP contribution is 2.31. The molecule has 0 aliphatic carbocycles. The van der Waals surface area contributed by atoms with Gasteiger partial charge in [-0.2, -0.15) is 0 Å². The van der Waals surface area contributed by atoms with Gasteiger partial charge in [0.15, 0.2) is 0 Å². The summed E-state index contributed by atoms with van der Waals surface area (Å²) in [4.78, 5) is 39.9. The van der Waals surface area contributed by atoms with Crippen molar-refractivity contribution >= 4 is 17.5 Å². The van der Waals surface area contributed by atoms with Crippen molar-refractivity contribution in [3.63, 3.8) is 0 Å². The van der Waals surface area contributed by atoms with Gasteiger partial charge in [-0.1, -0.05) is 52.8 Å². The van der Waals surface area contributed by atoms with Crippen LogP contribution < -0.4 is 10.2 Å². The van der Waals surface area contributed by atoms with E-state index in [1.54, 1.807) is 24.5 Å². The fraction of sp³-hybridized carbons (Fsp3) is 0.385. The molecule has 180 valence electrons. The van der Waals surface area contributed by atoms with E-state index in [0.717, 1.165) is 5.56 Å². The first-order valence-electron chi connectivity index (χ1n) is 11.4. The molecular formula is C26H33N5O3. The molecule has 8 heteroatoms. The van der Waals surface area contributed by atoms with Crippen molar-refractivity contribution < 1.29 is 14.7 Å². The summed E-state index contributed by atoms with van der Waals surface area (Å²) in [6.07, 6.45) is 6.11. The average molecular weight is 464 g/mol. The lowest BCUT2D eigenvalue weighted by Crippen LogP contribution is -2.49. The van der Waals surface area contributed by atoms with Gasteiger partial charge >= 0.3 is 0 Å². The Morgan fingerprint density at radius 2 is 1.85 bits per heavy atom. The van der Waals surface area contributed by atoms with Crippen LogP contribution in [0.25, 0.3) is 0 Å². The number of aliphatic hydroxyl groups excluding tert-OH is 1. The Kier molecular flexibility index (Phi) is 7.83. The molecule has 34 heavy (non-hydrogen) atoms. The van der Waals surface area contributed by atoms with Crippen molar-refractivity contribution in [3.8, 4) is 0 Å². The van der Waals surface area contributed by atoms with Crippen molar-refractivity contribution in [2.24, 2.45) is 5.92 Å². The van der Waals surface area contributed by atoms with Crippen LogP contribution in [-0.4, -0.2) is 44.5 Å². The van der Waals surface area contributed by atoms with E-state index < -0.39 is 23.9 Å². The van der Waals surface area contributed by atoms with E-state index in [0.29, 0.717) is 11.3 Å². The molecule has 0 saturated carbocycles. The molecule has 1 aromatic carbocycles. The number of rotatable bonds is 8. The second-order valence-electron chi connectivity index (χ2n) is 9.66. The van der Waals surface area contributed by atoms with Crippen LogP contribution in [0.5, 0.6) is 0 Å². The molecule has 2 aromatic heterocycles. The molecule has 2 heterocycles. The van der Waals surface area contributed by atoms with Crippen LogP contribution in [0.4, 0.5) is 5.69 Å². The van der Waals surface area contributed by atoms with Gasteiger partial charge in [0.25, 0.3) is 5.91 Å². The van der Waals surface area contributed by atoms with E-state index in [9.17, 15) is 14.7 Å². The number of aromatic amines is 1. The molecule has 2 amide bonds. The Bertz CT molecular complexity index is 1070. The summed E-state index contributed by atoms with van der Waals surface area (Å²) in [6, 6.07) is 9.60. The number of hydrogen-bond donors (Lipinski definition) is 3. The van der Waals surface area contributed by atoms with Gasteiger partial charge in [0.05, 0.1) is 19.0 Å². The Hall–Kier alpha value is -3.52. The Balaban J connectivity index is 2.13. The number of benzene rings is 1. The van der Waals surface area contributed by atoms with Gasteiger partial charge in [-0.05, 0) is 35.1 Å². The summed E-state index contributed by atoms with van der Waals surface area (Å²) in [6.45, 7) is 9.96. The summed E-state index contributed by atoms with van der Waals surface area (Å²) in [5.74, 6) is -0.839. The fourth-order valence-electron chi connectivity index (χ4n) is 3.65. The van der Waals surface area contributed by atoms with E-state index in [1.165, 1.54) is 17.4 Å². The maximum Gasteiger partial charge on any atom is 0.279 e. The predicted octanol–water partition coefficient (Wildman–Crippen LogP) is 3.62. The van der Waals surface area contributed by atoms with Gasteiger partial charge in [-0.3, -0.25) is 19.5 Å². The number of carbonyl (C=O) groups excluding carboxylic acids is 2. The largest absolute Gasteiger partial charge is 0.394 e. The number of pyridine rings is 1. The van der Waals surface area contributed by atoms with Crippen LogP contribution in [0.2, 0.25) is 0 Å². The van der Waals surface area contributed by atoms with E-state index in [2.05, 4.69) is 41.0 Å². The molecule has 3 N–H and O–H groups in total. The normalized spacial score (nSPS) is 13.4. The van der Waals surface area contributed by atoms with Gasteiger partial charge in [0.2, 0.25) is 5.91 Å². The SMILES string of the molecule is CC(C)[C@H](CO)NC(=O)C(c1cccnc1)N(C(=O)c1c[nH]cn1)c1ccc(C(C)(C)C)cc1. The Morgan fingerprint density at radius 1 is 1.15 bits per heavy atom. The zero-order chi connectivity index (χ0) is 24.9. The topological polar surface area (TPSA) is 111 Å². The number of imidazole rings is 1. The standard InChI is InChI=1S/C26H33N5O3/c1-17(2)22(15-32)30-24(33)23(18-7-6-12-27-13-18)31(25(34)21-14-28-16-29-21)20-10-8-19(9-11-20)26(3,4)5/h6-14,16-17,22-23,32H,15H2,1-5H3,(H,28,29)(H,30,33)/t22-,23?/m0/s1. The van der Waals surface area contributed by atoms with E-state index >= 15 is 0 Å². The first-order valence-corrected chi connectivity index (χ1v) is 11.4. The third-order valence-corrected chi connectivity index (χ3v) is 5.78. The lowest BCUT2D eigenvalue weighted by atomic mass is 9.87. The summed E-state index contributed by atoms with van der Waals surface area (Å²) >= 11 is 0. The maximum absolute atomic E-state index is 13.7. The second kappa shape index (κ2) is 10.6. The quantitative estimate of drug-likeness (QED) is 0.472. The number of nitrogens with one attached hydrogen (secondary N) is 2. The van der Waals surface area contributed by atoms with E-state index in [1.807, 2.05) is 38.1 Å². The molecule has 0 aliphatic heterocycles. The minimum atomic E-state index is -1.02. The summed E-state index contributed by atoms with van der Waals surface area (Å²) < 4.78 is 0. The summed E-state index contributed by atoms with van der Waals surface area (Å²) in [5.41, 5.74) is 2.32. The van der Waals surface area contributed by atoms with Crippen molar-refractivity contribution in [2.45, 2.75) is 52.1 Å². The molecule has 1 unspecified atom stereocenters. The summed E-state index contributed by atoms with van der Waals surface area (Å²) in [5, 5.41) is 12.7. The van der Waals surface area contributed by atoms with Crippen LogP contribution >= 0.6 is 0 Å². The average Bonchev–Trinajstić information content (AvgIpc) is 3.35. The predicted molar refractivity (Wildman–Crippen MR) is 131 cm³/mol. The minimum Gasteiger partial charge on any atom is -0.394 e. The number of aromatic nitrogens is 3. The van der Waals surface area contributed by atoms with Crippen molar-refractivity contribution in [1.82, 2.24) is 20.3 Å². The van der Waals surface area contributed by atoms with Crippen LogP contribution in [0.15, 0.2) is 61.3 Å². The molecule has 0 aliphatic rings. The van der Waals surface area contributed by atoms with Gasteiger partial charge in [-0.15, -0.1) is 0 Å². The monoisotopic (exact) mass is 463 g/mol. The first kappa shape index (κ1) is 25.1. The minimum absolute atomic E-state index is 0.00468. The first-order chi connectivity index (χ1) is 16.1. The molecular weight excluding hydrogens is 430 g/mol. The number of H-pyrrole nitrogens is 1. The number of amides is 2. The number of hydrogen-bond acceptors (Lipinski definition) is 5. The Morgan fingerprint density at radius 3 is 2.35 bits per heavy atom. The third-order valence-electron chi connectivity index (χ3n) is 5.78. The number of aliphatic hydroxyl groups is 1. The van der Waals surface area contributed by atoms with Gasteiger partial charge in [0.1, 0.15) is 11.7 Å². The number of anilines is 1. The van der Waals surface area contributed by atoms with Crippen molar-refractivity contribution in [2.75, 3.05) is 11.5 Å². The number of carbonyl (C=O) groups is 2. The zero-order valence-electron chi connectivity index (χ0n) is 20.3. The molecule has 0 spiro atoms. The molecule has 8 nitrogen and oxygen atoms in total. The molecule has 0 bridgehead atoms. The smallest absolute Gasteiger partial charge is 0.279 e. The highest BCUT2D eigenvalue weighted by molar-refractivity contribution is 6.09. The van der Waals surface area contributed by atoms with Crippen molar-refractivity contribution in [3.05, 3.63) is 78.1 Å². The third kappa shape index (κ3) is 5.69. The van der Waals surface area contributed by atoms with Crippen LogP contribution in [-0.2, 0) is 10.2 Å². The molecule has 3 rings (SSSR count). The molecule has 0 fully saturated rings. The highest BCUT2D eigenvalue weighted by Gasteiger charge is 2.35.